The maximum Gasteiger partial charge on any atom is 0.226 e. The van der Waals surface area contributed by atoms with Crippen molar-refractivity contribution in [2.75, 3.05) is 41.5 Å². The lowest BCUT2D eigenvalue weighted by Crippen LogP contribution is -2.59. The first-order valence-electron chi connectivity index (χ1n) is 14.0. The van der Waals surface area contributed by atoms with Crippen molar-refractivity contribution in [2.24, 2.45) is 17.3 Å². The summed E-state index contributed by atoms with van der Waals surface area (Å²) in [5, 5.41) is 0. The van der Waals surface area contributed by atoms with Crippen LogP contribution in [0.4, 0.5) is 0 Å². The molecule has 1 aliphatic heterocycles. The number of piperidine rings is 1. The van der Waals surface area contributed by atoms with Crippen LogP contribution in [0.3, 0.4) is 0 Å². The van der Waals surface area contributed by atoms with Crippen LogP contribution in [-0.4, -0.2) is 57.2 Å². The van der Waals surface area contributed by atoms with Crippen LogP contribution in [0.5, 0.6) is 5.75 Å². The summed E-state index contributed by atoms with van der Waals surface area (Å²) in [6.45, 7) is 4.51. The standard InChI is InChI=1S/C32H46N2O3/c1-25-29(13-9-10-22-36-4)31(24-34(30(25)35)23-26-14-16-28(37-5)17-15-26)18-20-32(21-19-31,33(2)3)27-11-7-6-8-12-27/h6-8,11-12,14-17,25,29H,9-10,13,18-24H2,1-5H3. The number of methoxy groups -OCH3 is 2. The number of rotatable bonds is 10. The summed E-state index contributed by atoms with van der Waals surface area (Å²) in [6.07, 6.45) is 7.81. The van der Waals surface area contributed by atoms with Crippen LogP contribution in [0, 0.1) is 17.3 Å². The molecule has 2 aromatic rings. The van der Waals surface area contributed by atoms with Crippen LogP contribution in [0.2, 0.25) is 0 Å². The van der Waals surface area contributed by atoms with E-state index in [2.05, 4.69) is 73.3 Å². The smallest absolute Gasteiger partial charge is 0.226 e. The van der Waals surface area contributed by atoms with Gasteiger partial charge in [-0.3, -0.25) is 9.69 Å². The highest BCUT2D eigenvalue weighted by Crippen LogP contribution is 2.56. The van der Waals surface area contributed by atoms with Gasteiger partial charge < -0.3 is 14.4 Å². The fourth-order valence-corrected chi connectivity index (χ4v) is 7.25. The minimum atomic E-state index is 0.0399. The van der Waals surface area contributed by atoms with E-state index in [0.717, 1.165) is 69.4 Å². The van der Waals surface area contributed by atoms with Gasteiger partial charge in [0, 0.05) is 38.3 Å². The maximum atomic E-state index is 13.7. The van der Waals surface area contributed by atoms with Gasteiger partial charge in [0.15, 0.2) is 0 Å². The van der Waals surface area contributed by atoms with E-state index < -0.39 is 0 Å². The molecule has 1 spiro atoms. The number of amides is 1. The van der Waals surface area contributed by atoms with Crippen LogP contribution in [-0.2, 0) is 21.6 Å². The molecule has 1 amide bonds. The number of ether oxygens (including phenoxy) is 2. The first-order chi connectivity index (χ1) is 17.8. The van der Waals surface area contributed by atoms with Crippen molar-refractivity contribution in [1.82, 2.24) is 9.80 Å². The van der Waals surface area contributed by atoms with Gasteiger partial charge in [-0.05, 0) is 87.2 Å². The second kappa shape index (κ2) is 12.0. The highest BCUT2D eigenvalue weighted by molar-refractivity contribution is 5.80. The Kier molecular flexibility index (Phi) is 8.97. The molecular weight excluding hydrogens is 460 g/mol. The molecule has 0 aromatic heterocycles. The molecule has 37 heavy (non-hydrogen) atoms. The predicted octanol–water partition coefficient (Wildman–Crippen LogP) is 6.12. The molecule has 2 fully saturated rings. The topological polar surface area (TPSA) is 42.0 Å². The summed E-state index contributed by atoms with van der Waals surface area (Å²) >= 11 is 0. The third kappa shape index (κ3) is 5.73. The van der Waals surface area contributed by atoms with E-state index in [1.165, 1.54) is 5.56 Å². The number of unbranched alkanes of at least 4 members (excludes halogenated alkanes) is 1. The van der Waals surface area contributed by atoms with E-state index in [4.69, 9.17) is 9.47 Å². The zero-order valence-electron chi connectivity index (χ0n) is 23.5. The van der Waals surface area contributed by atoms with E-state index in [-0.39, 0.29) is 16.9 Å². The number of carbonyl (C=O) groups is 1. The predicted molar refractivity (Wildman–Crippen MR) is 149 cm³/mol. The summed E-state index contributed by atoms with van der Waals surface area (Å²) in [6, 6.07) is 19.2. The Bertz CT molecular complexity index is 996. The Labute approximate surface area is 224 Å². The van der Waals surface area contributed by atoms with Crippen LogP contribution in [0.25, 0.3) is 0 Å². The molecule has 0 bridgehead atoms. The lowest BCUT2D eigenvalue weighted by molar-refractivity contribution is -0.155. The van der Waals surface area contributed by atoms with E-state index >= 15 is 0 Å². The SMILES string of the molecule is COCCCCC1C(C)C(=O)N(Cc2ccc(OC)cc2)CC12CCC(c1ccccc1)(N(C)C)CC2. The summed E-state index contributed by atoms with van der Waals surface area (Å²) in [7, 11) is 7.93. The molecule has 202 valence electrons. The number of benzene rings is 2. The Hall–Kier alpha value is -2.37. The van der Waals surface area contributed by atoms with Crippen LogP contribution < -0.4 is 4.74 Å². The fourth-order valence-electron chi connectivity index (χ4n) is 7.25. The molecule has 1 saturated carbocycles. The van der Waals surface area contributed by atoms with Crippen molar-refractivity contribution in [1.29, 1.82) is 0 Å². The fraction of sp³-hybridized carbons (Fsp3) is 0.594. The van der Waals surface area contributed by atoms with Gasteiger partial charge in [-0.2, -0.15) is 0 Å². The van der Waals surface area contributed by atoms with Crippen LogP contribution in [0.1, 0.15) is 63.0 Å². The molecule has 4 rings (SSSR count). The minimum Gasteiger partial charge on any atom is -0.497 e. The highest BCUT2D eigenvalue weighted by atomic mass is 16.5. The van der Waals surface area contributed by atoms with Crippen molar-refractivity contribution in [3.05, 3.63) is 65.7 Å². The average molecular weight is 507 g/mol. The molecular formula is C32H46N2O3. The Morgan fingerprint density at radius 2 is 1.62 bits per heavy atom. The third-order valence-electron chi connectivity index (χ3n) is 9.48. The second-order valence-corrected chi connectivity index (χ2v) is 11.6. The second-order valence-electron chi connectivity index (χ2n) is 11.6. The molecule has 5 heteroatoms. The molecule has 1 aliphatic carbocycles. The lowest BCUT2D eigenvalue weighted by Gasteiger charge is -2.57. The van der Waals surface area contributed by atoms with Crippen molar-refractivity contribution in [3.63, 3.8) is 0 Å². The van der Waals surface area contributed by atoms with Crippen LogP contribution in [0.15, 0.2) is 54.6 Å². The Morgan fingerprint density at radius 3 is 2.22 bits per heavy atom. The normalized spacial score (nSPS) is 28.2. The Morgan fingerprint density at radius 1 is 0.946 bits per heavy atom. The van der Waals surface area contributed by atoms with Gasteiger partial charge in [-0.15, -0.1) is 0 Å². The zero-order chi connectivity index (χ0) is 26.5. The molecule has 1 heterocycles. The summed E-state index contributed by atoms with van der Waals surface area (Å²) in [5.41, 5.74) is 2.79. The zero-order valence-corrected chi connectivity index (χ0v) is 23.5. The maximum absolute atomic E-state index is 13.7. The van der Waals surface area contributed by atoms with E-state index in [0.29, 0.717) is 18.4 Å². The van der Waals surface area contributed by atoms with Crippen molar-refractivity contribution in [3.8, 4) is 5.75 Å². The van der Waals surface area contributed by atoms with Crippen molar-refractivity contribution >= 4 is 5.91 Å². The first kappa shape index (κ1) is 27.7. The summed E-state index contributed by atoms with van der Waals surface area (Å²) < 4.78 is 10.7. The van der Waals surface area contributed by atoms with Gasteiger partial charge in [-0.25, -0.2) is 0 Å². The van der Waals surface area contributed by atoms with Gasteiger partial charge in [0.05, 0.1) is 7.11 Å². The minimum absolute atomic E-state index is 0.0399. The summed E-state index contributed by atoms with van der Waals surface area (Å²) in [5.74, 6) is 1.62. The molecule has 2 atom stereocenters. The molecule has 0 radical (unpaired) electrons. The quantitative estimate of drug-likeness (QED) is 0.364. The van der Waals surface area contributed by atoms with E-state index in [9.17, 15) is 4.79 Å². The average Bonchev–Trinajstić information content (AvgIpc) is 2.92. The lowest BCUT2D eigenvalue weighted by atomic mass is 9.55. The highest BCUT2D eigenvalue weighted by Gasteiger charge is 2.54. The van der Waals surface area contributed by atoms with Gasteiger partial charge in [0.25, 0.3) is 0 Å². The number of carbonyl (C=O) groups excluding carboxylic acids is 1. The number of hydrogen-bond donors (Lipinski definition) is 0. The molecule has 2 aromatic carbocycles. The largest absolute Gasteiger partial charge is 0.497 e. The van der Waals surface area contributed by atoms with Gasteiger partial charge >= 0.3 is 0 Å². The monoisotopic (exact) mass is 506 g/mol. The van der Waals surface area contributed by atoms with Gasteiger partial charge in [0.2, 0.25) is 5.91 Å². The first-order valence-corrected chi connectivity index (χ1v) is 14.0. The Balaban J connectivity index is 1.59. The number of nitrogens with zero attached hydrogens (tertiary/aromatic N) is 2. The molecule has 5 nitrogen and oxygen atoms in total. The molecule has 2 aliphatic rings. The molecule has 0 N–H and O–H groups in total. The third-order valence-corrected chi connectivity index (χ3v) is 9.48. The van der Waals surface area contributed by atoms with E-state index in [1.807, 2.05) is 12.1 Å². The van der Waals surface area contributed by atoms with Crippen molar-refractivity contribution in [2.45, 2.75) is 64.0 Å². The summed E-state index contributed by atoms with van der Waals surface area (Å²) in [4.78, 5) is 18.3. The van der Waals surface area contributed by atoms with Gasteiger partial charge in [-0.1, -0.05) is 55.8 Å². The molecule has 1 saturated heterocycles. The molecule has 2 unspecified atom stereocenters. The van der Waals surface area contributed by atoms with E-state index in [1.54, 1.807) is 14.2 Å². The number of hydrogen-bond acceptors (Lipinski definition) is 4. The van der Waals surface area contributed by atoms with Crippen LogP contribution >= 0.6 is 0 Å². The number of likely N-dealkylation sites (tertiary alicyclic amines) is 1. The van der Waals surface area contributed by atoms with Gasteiger partial charge in [0.1, 0.15) is 5.75 Å². The van der Waals surface area contributed by atoms with Crippen molar-refractivity contribution < 1.29 is 14.3 Å².